The van der Waals surface area contributed by atoms with Crippen LogP contribution in [0.15, 0.2) is 0 Å². The highest BCUT2D eigenvalue weighted by Crippen LogP contribution is 2.36. The second-order valence-electron chi connectivity index (χ2n) is 6.53. The molecule has 0 aromatic carbocycles. The third-order valence-corrected chi connectivity index (χ3v) is 3.84. The van der Waals surface area contributed by atoms with Crippen LogP contribution in [0.25, 0.3) is 0 Å². The summed E-state index contributed by atoms with van der Waals surface area (Å²) in [4.78, 5) is 21.6. The number of likely N-dealkylation sites (tertiary alicyclic amines) is 1. The molecule has 0 aromatic heterocycles. The highest BCUT2D eigenvalue weighted by Gasteiger charge is 2.42. The summed E-state index contributed by atoms with van der Waals surface area (Å²) in [6.45, 7) is 8.77. The molecule has 1 aliphatic rings. The van der Waals surface area contributed by atoms with Crippen molar-refractivity contribution in [3.05, 3.63) is 0 Å². The smallest absolute Gasteiger partial charge is 0.303 e. The molecule has 118 valence electrons. The van der Waals surface area contributed by atoms with E-state index in [-0.39, 0.29) is 30.0 Å². The average molecular weight is 289 g/mol. The minimum absolute atomic E-state index is 0.126. The minimum Gasteiger partial charge on any atom is -0.481 e. The zero-order chi connectivity index (χ0) is 16.1. The molecule has 0 bridgehead atoms. The van der Waals surface area contributed by atoms with Gasteiger partial charge in [-0.25, -0.2) is 0 Å². The molecule has 0 radical (unpaired) electrons. The monoisotopic (exact) mass is 289 g/mol. The van der Waals surface area contributed by atoms with Gasteiger partial charge in [0.15, 0.2) is 0 Å². The van der Waals surface area contributed by atoms with Crippen LogP contribution in [0, 0.1) is 0 Å². The van der Waals surface area contributed by atoms with Crippen molar-refractivity contribution in [2.24, 2.45) is 0 Å². The zero-order valence-electron chi connectivity index (χ0n) is 13.0. The first-order chi connectivity index (χ1) is 8.88. The summed E-state index contributed by atoms with van der Waals surface area (Å²) >= 11 is 0. The fourth-order valence-corrected chi connectivity index (χ4v) is 2.53. The van der Waals surface area contributed by atoms with Gasteiger partial charge in [-0.1, -0.05) is 0 Å². The lowest BCUT2D eigenvalue weighted by atomic mass is 9.79. The van der Waals surface area contributed by atoms with E-state index in [1.165, 1.54) is 0 Å². The number of aliphatic hydroxyl groups is 1. The van der Waals surface area contributed by atoms with Crippen molar-refractivity contribution < 1.29 is 24.9 Å². The van der Waals surface area contributed by atoms with E-state index in [4.69, 9.17) is 10.2 Å². The number of rotatable bonds is 3. The van der Waals surface area contributed by atoms with Gasteiger partial charge >= 0.3 is 11.9 Å². The molecule has 0 atom stereocenters. The molecule has 20 heavy (non-hydrogen) atoms. The van der Waals surface area contributed by atoms with Crippen LogP contribution in [-0.2, 0) is 9.59 Å². The van der Waals surface area contributed by atoms with Gasteiger partial charge in [-0.15, -0.1) is 0 Å². The molecule has 6 heteroatoms. The van der Waals surface area contributed by atoms with Gasteiger partial charge in [0.1, 0.15) is 0 Å². The van der Waals surface area contributed by atoms with Crippen molar-refractivity contribution in [3.63, 3.8) is 0 Å². The van der Waals surface area contributed by atoms with Gasteiger partial charge in [-0.05, 0) is 47.6 Å². The predicted octanol–water partition coefficient (Wildman–Crippen LogP) is 1.57. The largest absolute Gasteiger partial charge is 0.481 e. The number of carboxylic acids is 2. The molecular formula is C14H27NO5. The van der Waals surface area contributed by atoms with E-state index in [1.807, 2.05) is 0 Å². The summed E-state index contributed by atoms with van der Waals surface area (Å²) in [5, 5.41) is 25.5. The lowest BCUT2D eigenvalue weighted by Gasteiger charge is -2.52. The normalized spacial score (nSPS) is 21.7. The first-order valence-corrected chi connectivity index (χ1v) is 6.74. The van der Waals surface area contributed by atoms with E-state index >= 15 is 0 Å². The molecule has 0 spiro atoms. The highest BCUT2D eigenvalue weighted by atomic mass is 16.4. The number of piperidine rings is 1. The first-order valence-electron chi connectivity index (χ1n) is 6.74. The minimum atomic E-state index is -1.08. The third-order valence-electron chi connectivity index (χ3n) is 3.84. The van der Waals surface area contributed by atoms with Crippen molar-refractivity contribution in [3.8, 4) is 0 Å². The third kappa shape index (κ3) is 6.34. The standard InChI is InChI=1S/C10H21NO.C4H6O4/c1-9(2)6-8(12)7-10(3,4)11(9)5;5-3(6)1-2-4(7)8/h8,12H,6-7H2,1-5H3;1-2H2,(H,5,6)(H,7,8). The quantitative estimate of drug-likeness (QED) is 0.729. The molecule has 6 nitrogen and oxygen atoms in total. The van der Waals surface area contributed by atoms with Crippen LogP contribution >= 0.6 is 0 Å². The van der Waals surface area contributed by atoms with E-state index in [0.29, 0.717) is 0 Å². The maximum Gasteiger partial charge on any atom is 0.303 e. The lowest BCUT2D eigenvalue weighted by Crippen LogP contribution is -2.59. The molecule has 0 saturated carbocycles. The molecule has 1 saturated heterocycles. The van der Waals surface area contributed by atoms with Crippen LogP contribution in [0.3, 0.4) is 0 Å². The zero-order valence-corrected chi connectivity index (χ0v) is 13.0. The van der Waals surface area contributed by atoms with Crippen molar-refractivity contribution in [2.45, 2.75) is 70.6 Å². The topological polar surface area (TPSA) is 98.1 Å². The maximum absolute atomic E-state index is 9.67. The molecule has 1 aliphatic heterocycles. The molecule has 0 aliphatic carbocycles. The van der Waals surface area contributed by atoms with Gasteiger partial charge in [0.2, 0.25) is 0 Å². The number of carbonyl (C=O) groups is 2. The first kappa shape index (κ1) is 18.9. The Labute approximate surface area is 120 Å². The Morgan fingerprint density at radius 2 is 1.30 bits per heavy atom. The summed E-state index contributed by atoms with van der Waals surface area (Å²) in [6.07, 6.45) is 1.04. The van der Waals surface area contributed by atoms with Gasteiger partial charge in [-0.2, -0.15) is 0 Å². The number of aliphatic hydroxyl groups excluding tert-OH is 1. The number of nitrogens with zero attached hydrogens (tertiary/aromatic N) is 1. The molecule has 0 amide bonds. The highest BCUT2D eigenvalue weighted by molar-refractivity contribution is 5.75. The Balaban J connectivity index is 0.000000396. The summed E-state index contributed by atoms with van der Waals surface area (Å²) in [6, 6.07) is 0. The van der Waals surface area contributed by atoms with Crippen LogP contribution in [0.2, 0.25) is 0 Å². The van der Waals surface area contributed by atoms with Crippen molar-refractivity contribution in [1.29, 1.82) is 0 Å². The maximum atomic E-state index is 9.67. The van der Waals surface area contributed by atoms with Gasteiger partial charge in [-0.3, -0.25) is 14.5 Å². The molecule has 0 aromatic rings. The fraction of sp³-hybridized carbons (Fsp3) is 0.857. The molecular weight excluding hydrogens is 262 g/mol. The second-order valence-corrected chi connectivity index (χ2v) is 6.53. The van der Waals surface area contributed by atoms with E-state index in [0.717, 1.165) is 12.8 Å². The summed E-state index contributed by atoms with van der Waals surface area (Å²) < 4.78 is 0. The SMILES string of the molecule is CN1C(C)(C)CC(O)CC1(C)C.O=C(O)CCC(=O)O. The molecule has 1 rings (SSSR count). The Bertz CT molecular complexity index is 319. The lowest BCUT2D eigenvalue weighted by molar-refractivity contribution is -0.143. The molecule has 0 unspecified atom stereocenters. The Morgan fingerprint density at radius 3 is 1.55 bits per heavy atom. The average Bonchev–Trinajstić information content (AvgIpc) is 2.22. The van der Waals surface area contributed by atoms with Crippen molar-refractivity contribution in [1.82, 2.24) is 4.90 Å². The predicted molar refractivity (Wildman–Crippen MR) is 75.7 cm³/mol. The van der Waals surface area contributed by atoms with Gasteiger partial charge in [0.25, 0.3) is 0 Å². The van der Waals surface area contributed by atoms with Crippen molar-refractivity contribution in [2.75, 3.05) is 7.05 Å². The Morgan fingerprint density at radius 1 is 1.00 bits per heavy atom. The molecule has 1 fully saturated rings. The summed E-state index contributed by atoms with van der Waals surface area (Å²) in [7, 11) is 2.14. The van der Waals surface area contributed by atoms with Crippen LogP contribution in [0.5, 0.6) is 0 Å². The van der Waals surface area contributed by atoms with E-state index < -0.39 is 11.9 Å². The van der Waals surface area contributed by atoms with Crippen LogP contribution in [0.1, 0.15) is 53.4 Å². The van der Waals surface area contributed by atoms with Gasteiger partial charge in [0, 0.05) is 11.1 Å². The molecule has 3 N–H and O–H groups in total. The number of hydrogen-bond donors (Lipinski definition) is 3. The van der Waals surface area contributed by atoms with Crippen molar-refractivity contribution >= 4 is 11.9 Å². The Kier molecular flexibility index (Phi) is 6.64. The van der Waals surface area contributed by atoms with Crippen LogP contribution in [-0.4, -0.2) is 56.4 Å². The van der Waals surface area contributed by atoms with E-state index in [1.54, 1.807) is 0 Å². The number of hydrogen-bond acceptors (Lipinski definition) is 4. The summed E-state index contributed by atoms with van der Waals surface area (Å²) in [5.41, 5.74) is 0.252. The van der Waals surface area contributed by atoms with E-state index in [9.17, 15) is 14.7 Å². The number of carboxylic acid groups (broad SMARTS) is 2. The number of aliphatic carboxylic acids is 2. The van der Waals surface area contributed by atoms with Gasteiger partial charge < -0.3 is 15.3 Å². The molecule has 1 heterocycles. The Hall–Kier alpha value is -1.14. The van der Waals surface area contributed by atoms with E-state index in [2.05, 4.69) is 39.6 Å². The summed E-state index contributed by atoms with van der Waals surface area (Å²) in [5.74, 6) is -2.15. The van der Waals surface area contributed by atoms with Crippen LogP contribution in [0.4, 0.5) is 0 Å². The fourth-order valence-electron chi connectivity index (χ4n) is 2.53. The second kappa shape index (κ2) is 7.04. The van der Waals surface area contributed by atoms with Crippen LogP contribution < -0.4 is 0 Å². The van der Waals surface area contributed by atoms with Gasteiger partial charge in [0.05, 0.1) is 18.9 Å².